The summed E-state index contributed by atoms with van der Waals surface area (Å²) in [7, 11) is 0. The third-order valence-corrected chi connectivity index (χ3v) is 3.24. The van der Waals surface area contributed by atoms with E-state index in [1.165, 1.54) is 0 Å². The second-order valence-corrected chi connectivity index (χ2v) is 4.32. The normalized spacial score (nSPS) is 25.7. The molecule has 82 valence electrons. The van der Waals surface area contributed by atoms with Gasteiger partial charge in [-0.25, -0.2) is 0 Å². The topological polar surface area (TPSA) is 42.2 Å². The molecule has 0 radical (unpaired) electrons. The molecule has 0 aromatic carbocycles. The summed E-state index contributed by atoms with van der Waals surface area (Å²) in [5, 5.41) is 9.65. The van der Waals surface area contributed by atoms with Crippen molar-refractivity contribution in [1.82, 2.24) is 4.57 Å². The van der Waals surface area contributed by atoms with Crippen LogP contribution in [0.15, 0.2) is 29.3 Å². The van der Waals surface area contributed by atoms with Crippen molar-refractivity contribution in [1.29, 1.82) is 0 Å². The molecule has 3 heteroatoms. The van der Waals surface area contributed by atoms with Crippen molar-refractivity contribution in [2.45, 2.75) is 38.3 Å². The minimum absolute atomic E-state index is 0.0483. The first-order valence-electron chi connectivity index (χ1n) is 5.60. The molecular formula is C12H17NO2. The van der Waals surface area contributed by atoms with Gasteiger partial charge in [0.05, 0.1) is 6.10 Å². The van der Waals surface area contributed by atoms with Crippen LogP contribution in [0, 0.1) is 5.92 Å². The predicted molar refractivity (Wildman–Crippen MR) is 58.7 cm³/mol. The van der Waals surface area contributed by atoms with Gasteiger partial charge in [0.2, 0.25) is 0 Å². The van der Waals surface area contributed by atoms with Crippen molar-refractivity contribution in [2.75, 3.05) is 0 Å². The summed E-state index contributed by atoms with van der Waals surface area (Å²) < 4.78 is 2.01. The van der Waals surface area contributed by atoms with Gasteiger partial charge in [-0.3, -0.25) is 4.79 Å². The van der Waals surface area contributed by atoms with E-state index in [-0.39, 0.29) is 11.5 Å². The van der Waals surface area contributed by atoms with Crippen molar-refractivity contribution >= 4 is 0 Å². The summed E-state index contributed by atoms with van der Waals surface area (Å²) in [6.45, 7) is 0.891. The number of hydrogen-bond donors (Lipinski definition) is 1. The van der Waals surface area contributed by atoms with Gasteiger partial charge in [0.1, 0.15) is 0 Å². The Morgan fingerprint density at radius 2 is 2.07 bits per heavy atom. The maximum absolute atomic E-state index is 10.9. The fourth-order valence-electron chi connectivity index (χ4n) is 2.26. The summed E-state index contributed by atoms with van der Waals surface area (Å²) in [6, 6.07) is 3.15. The van der Waals surface area contributed by atoms with Crippen LogP contribution >= 0.6 is 0 Å². The Morgan fingerprint density at radius 1 is 1.33 bits per heavy atom. The van der Waals surface area contributed by atoms with E-state index in [2.05, 4.69) is 0 Å². The molecule has 1 N–H and O–H groups in total. The molecule has 1 fully saturated rings. The van der Waals surface area contributed by atoms with E-state index in [0.717, 1.165) is 32.2 Å². The third kappa shape index (κ3) is 2.69. The smallest absolute Gasteiger partial charge is 0.181 e. The number of aliphatic hydroxyl groups excluding tert-OH is 1. The van der Waals surface area contributed by atoms with Gasteiger partial charge in [0.15, 0.2) is 5.43 Å². The fourth-order valence-corrected chi connectivity index (χ4v) is 2.26. The Labute approximate surface area is 89.4 Å². The van der Waals surface area contributed by atoms with Crippen LogP contribution in [0.5, 0.6) is 0 Å². The molecule has 2 rings (SSSR count). The van der Waals surface area contributed by atoms with Crippen LogP contribution in [0.2, 0.25) is 0 Å². The Balaban J connectivity index is 1.87. The molecule has 2 atom stereocenters. The number of rotatable bonds is 3. The lowest BCUT2D eigenvalue weighted by Gasteiger charge is -2.14. The summed E-state index contributed by atoms with van der Waals surface area (Å²) in [5.74, 6) is 0.449. The lowest BCUT2D eigenvalue weighted by Crippen LogP contribution is -2.15. The van der Waals surface area contributed by atoms with Gasteiger partial charge < -0.3 is 9.67 Å². The highest BCUT2D eigenvalue weighted by Gasteiger charge is 2.24. The molecular weight excluding hydrogens is 190 g/mol. The molecule has 1 aliphatic carbocycles. The van der Waals surface area contributed by atoms with E-state index >= 15 is 0 Å². The van der Waals surface area contributed by atoms with Gasteiger partial charge in [-0.15, -0.1) is 0 Å². The maximum atomic E-state index is 10.9. The number of pyridine rings is 1. The van der Waals surface area contributed by atoms with E-state index in [1.807, 2.05) is 17.0 Å². The number of aliphatic hydroxyl groups is 1. The molecule has 1 aromatic rings. The highest BCUT2D eigenvalue weighted by atomic mass is 16.3. The zero-order chi connectivity index (χ0) is 10.7. The number of nitrogens with zero attached hydrogens (tertiary/aromatic N) is 1. The summed E-state index contributed by atoms with van der Waals surface area (Å²) in [6.07, 6.45) is 7.76. The second-order valence-electron chi connectivity index (χ2n) is 4.32. The van der Waals surface area contributed by atoms with E-state index in [4.69, 9.17) is 0 Å². The van der Waals surface area contributed by atoms with Crippen molar-refractivity contribution < 1.29 is 5.11 Å². The van der Waals surface area contributed by atoms with Crippen LogP contribution < -0.4 is 5.43 Å². The molecule has 1 aromatic heterocycles. The average molecular weight is 207 g/mol. The first-order chi connectivity index (χ1) is 7.25. The van der Waals surface area contributed by atoms with Crippen LogP contribution in [0.3, 0.4) is 0 Å². The summed E-state index contributed by atoms with van der Waals surface area (Å²) in [4.78, 5) is 10.9. The third-order valence-electron chi connectivity index (χ3n) is 3.24. The van der Waals surface area contributed by atoms with Gasteiger partial charge in [0.25, 0.3) is 0 Å². The minimum atomic E-state index is -0.107. The van der Waals surface area contributed by atoms with Crippen LogP contribution in [-0.4, -0.2) is 15.8 Å². The van der Waals surface area contributed by atoms with Crippen molar-refractivity contribution in [2.24, 2.45) is 5.92 Å². The zero-order valence-corrected chi connectivity index (χ0v) is 8.80. The number of hydrogen-bond acceptors (Lipinski definition) is 2. The van der Waals surface area contributed by atoms with Crippen molar-refractivity contribution in [3.63, 3.8) is 0 Å². The minimum Gasteiger partial charge on any atom is -0.393 e. The van der Waals surface area contributed by atoms with Crippen LogP contribution in [-0.2, 0) is 6.54 Å². The molecule has 2 unspecified atom stereocenters. The van der Waals surface area contributed by atoms with Gasteiger partial charge in [-0.05, 0) is 25.2 Å². The summed E-state index contributed by atoms with van der Waals surface area (Å²) in [5.41, 5.74) is 0.0483. The second kappa shape index (κ2) is 4.62. The molecule has 1 heterocycles. The standard InChI is InChI=1S/C12H17NO2/c14-11-5-8-13(9-6-11)7-4-10-2-1-3-12(10)15/h5-6,8-10,12,15H,1-4,7H2. The Hall–Kier alpha value is -1.09. The van der Waals surface area contributed by atoms with E-state index in [0.29, 0.717) is 5.92 Å². The Bertz CT molecular complexity index is 352. The molecule has 0 spiro atoms. The molecule has 1 aliphatic rings. The highest BCUT2D eigenvalue weighted by molar-refractivity contribution is 4.93. The number of aryl methyl sites for hydroxylation is 1. The van der Waals surface area contributed by atoms with Crippen molar-refractivity contribution in [3.8, 4) is 0 Å². The van der Waals surface area contributed by atoms with Gasteiger partial charge in [-0.2, -0.15) is 0 Å². The summed E-state index contributed by atoms with van der Waals surface area (Å²) >= 11 is 0. The largest absolute Gasteiger partial charge is 0.393 e. The predicted octanol–water partition coefficient (Wildman–Crippen LogP) is 1.40. The van der Waals surface area contributed by atoms with Crippen LogP contribution in [0.1, 0.15) is 25.7 Å². The quantitative estimate of drug-likeness (QED) is 0.814. The first kappa shape index (κ1) is 10.4. The highest BCUT2D eigenvalue weighted by Crippen LogP contribution is 2.28. The lowest BCUT2D eigenvalue weighted by molar-refractivity contribution is 0.125. The van der Waals surface area contributed by atoms with E-state index in [1.54, 1.807) is 12.1 Å². The zero-order valence-electron chi connectivity index (χ0n) is 8.80. The molecule has 0 aliphatic heterocycles. The van der Waals surface area contributed by atoms with Crippen molar-refractivity contribution in [3.05, 3.63) is 34.7 Å². The molecule has 3 nitrogen and oxygen atoms in total. The molecule has 0 saturated heterocycles. The Morgan fingerprint density at radius 3 is 2.67 bits per heavy atom. The average Bonchev–Trinajstić information content (AvgIpc) is 2.63. The van der Waals surface area contributed by atoms with Gasteiger partial charge in [-0.1, -0.05) is 6.42 Å². The fraction of sp³-hybridized carbons (Fsp3) is 0.583. The monoisotopic (exact) mass is 207 g/mol. The lowest BCUT2D eigenvalue weighted by atomic mass is 10.0. The van der Waals surface area contributed by atoms with E-state index in [9.17, 15) is 9.90 Å². The molecule has 15 heavy (non-hydrogen) atoms. The first-order valence-corrected chi connectivity index (χ1v) is 5.60. The van der Waals surface area contributed by atoms with Crippen LogP contribution in [0.4, 0.5) is 0 Å². The van der Waals surface area contributed by atoms with Gasteiger partial charge in [0, 0.05) is 31.1 Å². The Kier molecular flexibility index (Phi) is 3.21. The molecule has 1 saturated carbocycles. The number of aromatic nitrogens is 1. The molecule has 0 bridgehead atoms. The maximum Gasteiger partial charge on any atom is 0.181 e. The SMILES string of the molecule is O=c1ccn(CCC2CCCC2O)cc1. The molecule has 0 amide bonds. The van der Waals surface area contributed by atoms with E-state index < -0.39 is 0 Å². The van der Waals surface area contributed by atoms with Crippen LogP contribution in [0.25, 0.3) is 0 Å². The van der Waals surface area contributed by atoms with Gasteiger partial charge >= 0.3 is 0 Å².